The quantitative estimate of drug-likeness (QED) is 0.110. The van der Waals surface area contributed by atoms with E-state index in [1.165, 1.54) is 0 Å². The van der Waals surface area contributed by atoms with Crippen molar-refractivity contribution in [2.75, 3.05) is 0 Å². The molecule has 0 bridgehead atoms. The number of carbonyl (C=O) groups is 2. The Bertz CT molecular complexity index is 119. The topological polar surface area (TPSA) is 240 Å². The van der Waals surface area contributed by atoms with Crippen LogP contribution in [-0.2, 0) is 0 Å². The molecule has 0 heterocycles. The number of hydrazine groups is 1. The first-order valence-electron chi connectivity index (χ1n) is 1.97. The first kappa shape index (κ1) is 53.8. The van der Waals surface area contributed by atoms with Gasteiger partial charge in [0.1, 0.15) is 0 Å². The molecule has 0 fully saturated rings. The Morgan fingerprint density at radius 3 is 1.12 bits per heavy atom. The van der Waals surface area contributed by atoms with Gasteiger partial charge in [0.2, 0.25) is 0 Å². The van der Waals surface area contributed by atoms with E-state index in [0.29, 0.717) is 0 Å². The predicted molar refractivity (Wildman–Crippen MR) is 45.2 cm³/mol. The van der Waals surface area contributed by atoms with E-state index in [1.807, 2.05) is 0 Å². The summed E-state index contributed by atoms with van der Waals surface area (Å²) in [5.74, 6) is 4.45. The molecular formula is C2H14Cl2N6Na2O4. The maximum atomic E-state index is 9.35. The van der Waals surface area contributed by atoms with Crippen molar-refractivity contribution in [2.45, 2.75) is 0 Å². The SMILES string of the molecule is N.NC(N)=O.NNC(N)=O.O.[Cl-].[Na+].[Na+].[O-]Cl. The Kier molecular flexibility index (Phi) is 190. The predicted octanol–water partition coefficient (Wildman–Crippen LogP) is -12.6. The van der Waals surface area contributed by atoms with Crippen LogP contribution in [0, 0.1) is 0 Å². The molecule has 0 aliphatic carbocycles. The van der Waals surface area contributed by atoms with Crippen molar-refractivity contribution in [2.24, 2.45) is 23.0 Å². The second-order valence-corrected chi connectivity index (χ2v) is 0.911. The summed E-state index contributed by atoms with van der Waals surface area (Å²) in [6.45, 7) is 0. The summed E-state index contributed by atoms with van der Waals surface area (Å²) >= 11 is 3.39. The molecule has 4 amide bonds. The molecule has 0 aliphatic rings. The van der Waals surface area contributed by atoms with E-state index < -0.39 is 12.1 Å². The fourth-order valence-corrected chi connectivity index (χ4v) is 0. The first-order chi connectivity index (χ1) is 5.00. The molecule has 0 aromatic heterocycles. The van der Waals surface area contributed by atoms with Crippen LogP contribution < -0.4 is 111 Å². The van der Waals surface area contributed by atoms with E-state index in [4.69, 9.17) is 9.45 Å². The zero-order chi connectivity index (χ0) is 9.86. The number of hydrogen-bond acceptors (Lipinski definition) is 5. The molecule has 0 saturated carbocycles. The summed E-state index contributed by atoms with van der Waals surface area (Å²) in [6.07, 6.45) is 0. The van der Waals surface area contributed by atoms with Crippen LogP contribution >= 0.6 is 11.9 Å². The molecule has 0 aliphatic heterocycles. The average molecular weight is 303 g/mol. The molecule has 0 aromatic carbocycles. The molecule has 10 nitrogen and oxygen atoms in total. The van der Waals surface area contributed by atoms with Gasteiger partial charge < -0.3 is 45.9 Å². The van der Waals surface area contributed by atoms with E-state index in [0.717, 1.165) is 0 Å². The minimum atomic E-state index is -0.833. The van der Waals surface area contributed by atoms with Crippen LogP contribution in [-0.4, -0.2) is 17.5 Å². The van der Waals surface area contributed by atoms with Gasteiger partial charge in [-0.1, -0.05) is 0 Å². The van der Waals surface area contributed by atoms with Gasteiger partial charge in [0.25, 0.3) is 0 Å². The van der Waals surface area contributed by atoms with Crippen LogP contribution in [0.3, 0.4) is 0 Å². The van der Waals surface area contributed by atoms with Crippen molar-refractivity contribution in [3.8, 4) is 0 Å². The van der Waals surface area contributed by atoms with Crippen molar-refractivity contribution < 1.29 is 91.2 Å². The maximum Gasteiger partial charge on any atom is 1.00 e. The molecule has 16 heavy (non-hydrogen) atoms. The smallest absolute Gasteiger partial charge is 1.00 e. The van der Waals surface area contributed by atoms with Crippen LogP contribution in [0.4, 0.5) is 9.59 Å². The van der Waals surface area contributed by atoms with Gasteiger partial charge in [-0.2, -0.15) is 0 Å². The molecule has 14 N–H and O–H groups in total. The number of amides is 4. The van der Waals surface area contributed by atoms with Gasteiger partial charge in [-0.05, 0) is 0 Å². The molecule has 0 saturated heterocycles. The van der Waals surface area contributed by atoms with Gasteiger partial charge >= 0.3 is 71.2 Å². The number of primary amides is 3. The van der Waals surface area contributed by atoms with Crippen LogP contribution in [0.1, 0.15) is 0 Å². The third kappa shape index (κ3) is 333. The molecule has 92 valence electrons. The number of nitrogens with two attached hydrogens (primary N) is 4. The fourth-order valence-electron chi connectivity index (χ4n) is 0. The van der Waals surface area contributed by atoms with Gasteiger partial charge in [-0.25, -0.2) is 27.3 Å². The first-order valence-corrected chi connectivity index (χ1v) is 2.28. The molecule has 0 spiro atoms. The van der Waals surface area contributed by atoms with Gasteiger partial charge in [0.05, 0.1) is 0 Å². The maximum absolute atomic E-state index is 9.35. The van der Waals surface area contributed by atoms with E-state index in [9.17, 15) is 4.79 Å². The zero-order valence-electron chi connectivity index (χ0n) is 9.00. The number of urea groups is 2. The van der Waals surface area contributed by atoms with Gasteiger partial charge in [-0.15, -0.1) is 0 Å². The Balaban J connectivity index is -0.00000000913. The number of hydrogen-bond donors (Lipinski definition) is 6. The van der Waals surface area contributed by atoms with Gasteiger partial charge in [-0.3, -0.25) is 5.43 Å². The molecule has 0 aromatic rings. The second kappa shape index (κ2) is 56.4. The Hall–Kier alpha value is 0.960. The standard InChI is InChI=1S/CH5N3O.CH4N2O.ClO.ClH.H3N.2Na.H2O/c2-1(5)4-3;2-1(3)4;1-2;;;;;/h3H2,(H3,2,4,5);(H4,2,3,4);;1H;1H3;;;1H2/q;;-1;;;2*+1;/p-1. The van der Waals surface area contributed by atoms with Crippen LogP contribution in [0.5, 0.6) is 0 Å². The van der Waals surface area contributed by atoms with E-state index in [2.05, 4.69) is 34.9 Å². The number of carbonyl (C=O) groups excluding carboxylic acids is 2. The van der Waals surface area contributed by atoms with E-state index in [1.54, 1.807) is 5.43 Å². The van der Waals surface area contributed by atoms with Gasteiger partial charge in [0.15, 0.2) is 0 Å². The normalized spacial score (nSPS) is 3.94. The Labute approximate surface area is 148 Å². The van der Waals surface area contributed by atoms with Crippen molar-refractivity contribution in [3.05, 3.63) is 0 Å². The number of nitrogens with one attached hydrogen (secondary N) is 1. The van der Waals surface area contributed by atoms with Crippen molar-refractivity contribution >= 4 is 23.9 Å². The number of rotatable bonds is 0. The third-order valence-electron chi connectivity index (χ3n) is 0.142. The summed E-state index contributed by atoms with van der Waals surface area (Å²) in [7, 11) is 0. The number of halogens is 2. The van der Waals surface area contributed by atoms with Crippen LogP contribution in [0.2, 0.25) is 0 Å². The van der Waals surface area contributed by atoms with E-state index in [-0.39, 0.29) is 83.1 Å². The molecule has 14 heteroatoms. The summed E-state index contributed by atoms with van der Waals surface area (Å²) in [4.78, 5) is 18.4. The van der Waals surface area contributed by atoms with Gasteiger partial charge in [0, 0.05) is 0 Å². The van der Waals surface area contributed by atoms with Crippen molar-refractivity contribution in [1.82, 2.24) is 11.6 Å². The molecule has 0 unspecified atom stereocenters. The average Bonchev–Trinajstić information content (AvgIpc) is 1.91. The molecular weight excluding hydrogens is 289 g/mol. The molecule has 0 radical (unpaired) electrons. The van der Waals surface area contributed by atoms with Crippen molar-refractivity contribution in [1.29, 1.82) is 0 Å². The largest absolute Gasteiger partial charge is 1.00 e. The monoisotopic (exact) mass is 302 g/mol. The second-order valence-electron chi connectivity index (χ2n) is 0.911. The summed E-state index contributed by atoms with van der Waals surface area (Å²) in [5, 5.41) is 0. The van der Waals surface area contributed by atoms with Crippen molar-refractivity contribution in [3.63, 3.8) is 0 Å². The summed E-state index contributed by atoms with van der Waals surface area (Å²) in [6, 6.07) is -1.55. The molecule has 0 rings (SSSR count). The zero-order valence-corrected chi connectivity index (χ0v) is 14.5. The van der Waals surface area contributed by atoms with Crippen LogP contribution in [0.25, 0.3) is 0 Å². The Morgan fingerprint density at radius 1 is 1.06 bits per heavy atom. The summed E-state index contributed by atoms with van der Waals surface area (Å²) < 4.78 is 7.72. The third-order valence-corrected chi connectivity index (χ3v) is 0.142. The fraction of sp³-hybridized carbons (Fsp3) is 0. The molecule has 0 atom stereocenters. The van der Waals surface area contributed by atoms with E-state index >= 15 is 0 Å². The summed E-state index contributed by atoms with van der Waals surface area (Å²) in [5.41, 5.74) is 14.6. The van der Waals surface area contributed by atoms with Crippen LogP contribution in [0.15, 0.2) is 0 Å². The Morgan fingerprint density at radius 2 is 1.12 bits per heavy atom. The minimum Gasteiger partial charge on any atom is -1.00 e. The minimum absolute atomic E-state index is 0.